The molecule has 1 aromatic carbocycles. The summed E-state index contributed by atoms with van der Waals surface area (Å²) in [5, 5.41) is 5.30. The monoisotopic (exact) mass is 362 g/mol. The zero-order valence-electron chi connectivity index (χ0n) is 14.9. The van der Waals surface area contributed by atoms with Gasteiger partial charge in [-0.3, -0.25) is 4.79 Å². The molecule has 0 aromatic heterocycles. The largest absolute Gasteiger partial charge is 0.488 e. The van der Waals surface area contributed by atoms with E-state index in [1.54, 1.807) is 20.8 Å². The molecule has 0 fully saturated rings. The van der Waals surface area contributed by atoms with Crippen molar-refractivity contribution in [2.75, 3.05) is 26.8 Å². The number of hydrogen-bond donors (Lipinski definition) is 2. The lowest BCUT2D eigenvalue weighted by molar-refractivity contribution is -0.138. The van der Waals surface area contributed by atoms with Gasteiger partial charge >= 0.3 is 6.18 Å². The molecular formula is C17H25F3N2O3. The van der Waals surface area contributed by atoms with E-state index in [0.717, 1.165) is 6.07 Å². The van der Waals surface area contributed by atoms with Crippen LogP contribution in [0.15, 0.2) is 18.2 Å². The minimum absolute atomic E-state index is 0.00985. The second-order valence-electron chi connectivity index (χ2n) is 6.48. The van der Waals surface area contributed by atoms with Gasteiger partial charge in [0, 0.05) is 20.2 Å². The normalized spacial score (nSPS) is 12.1. The number of halogens is 3. The van der Waals surface area contributed by atoms with Gasteiger partial charge in [0.15, 0.2) is 0 Å². The Kier molecular flexibility index (Phi) is 7.69. The Morgan fingerprint density at radius 1 is 1.20 bits per heavy atom. The van der Waals surface area contributed by atoms with E-state index in [2.05, 4.69) is 10.6 Å². The van der Waals surface area contributed by atoms with Crippen molar-refractivity contribution in [2.45, 2.75) is 39.1 Å². The lowest BCUT2D eigenvalue weighted by Gasteiger charge is -2.23. The molecule has 0 unspecified atom stereocenters. The maximum absolute atomic E-state index is 13.3. The summed E-state index contributed by atoms with van der Waals surface area (Å²) in [5.41, 5.74) is -1.44. The summed E-state index contributed by atoms with van der Waals surface area (Å²) in [7, 11) is 1.54. The number of methoxy groups -OCH3 is 1. The molecule has 5 nitrogen and oxygen atoms in total. The molecule has 0 heterocycles. The van der Waals surface area contributed by atoms with Gasteiger partial charge < -0.3 is 20.1 Å². The molecule has 0 spiro atoms. The smallest absolute Gasteiger partial charge is 0.416 e. The van der Waals surface area contributed by atoms with Crippen molar-refractivity contribution >= 4 is 5.91 Å². The summed E-state index contributed by atoms with van der Waals surface area (Å²) < 4.78 is 50.1. The van der Waals surface area contributed by atoms with Crippen LogP contribution >= 0.6 is 0 Å². The predicted octanol–water partition coefficient (Wildman–Crippen LogP) is 2.73. The number of ether oxygens (including phenoxy) is 2. The third kappa shape index (κ3) is 8.22. The highest BCUT2D eigenvalue weighted by Gasteiger charge is 2.34. The van der Waals surface area contributed by atoms with Crippen LogP contribution in [0.25, 0.3) is 0 Å². The van der Waals surface area contributed by atoms with Crippen LogP contribution in [-0.2, 0) is 22.3 Å². The Bertz CT molecular complexity index is 569. The van der Waals surface area contributed by atoms with Gasteiger partial charge in [0.1, 0.15) is 11.4 Å². The van der Waals surface area contributed by atoms with E-state index in [-0.39, 0.29) is 30.3 Å². The van der Waals surface area contributed by atoms with Crippen molar-refractivity contribution in [2.24, 2.45) is 0 Å². The molecule has 1 amide bonds. The minimum atomic E-state index is -4.53. The van der Waals surface area contributed by atoms with Crippen LogP contribution in [0.4, 0.5) is 13.2 Å². The Morgan fingerprint density at radius 2 is 1.88 bits per heavy atom. The summed E-state index contributed by atoms with van der Waals surface area (Å²) in [6.07, 6.45) is -4.53. The van der Waals surface area contributed by atoms with Crippen LogP contribution in [0.3, 0.4) is 0 Å². The lowest BCUT2D eigenvalue weighted by atomic mass is 10.1. The van der Waals surface area contributed by atoms with Gasteiger partial charge in [-0.15, -0.1) is 0 Å². The molecule has 25 heavy (non-hydrogen) atoms. The van der Waals surface area contributed by atoms with E-state index in [9.17, 15) is 18.0 Å². The van der Waals surface area contributed by atoms with Gasteiger partial charge in [0.25, 0.3) is 0 Å². The van der Waals surface area contributed by atoms with Crippen molar-refractivity contribution in [3.05, 3.63) is 29.3 Å². The zero-order chi connectivity index (χ0) is 19.1. The van der Waals surface area contributed by atoms with E-state index in [4.69, 9.17) is 9.47 Å². The first-order valence-corrected chi connectivity index (χ1v) is 7.88. The van der Waals surface area contributed by atoms with Crippen molar-refractivity contribution in [1.82, 2.24) is 10.6 Å². The molecule has 1 aromatic rings. The zero-order valence-corrected chi connectivity index (χ0v) is 14.9. The van der Waals surface area contributed by atoms with Crippen LogP contribution in [0.2, 0.25) is 0 Å². The van der Waals surface area contributed by atoms with Crippen molar-refractivity contribution in [1.29, 1.82) is 0 Å². The molecule has 1 rings (SSSR count). The Morgan fingerprint density at radius 3 is 2.44 bits per heavy atom. The molecule has 0 aliphatic rings. The van der Waals surface area contributed by atoms with Crippen molar-refractivity contribution in [3.63, 3.8) is 0 Å². The van der Waals surface area contributed by atoms with Crippen molar-refractivity contribution in [3.8, 4) is 5.75 Å². The summed E-state index contributed by atoms with van der Waals surface area (Å²) >= 11 is 0. The van der Waals surface area contributed by atoms with Crippen LogP contribution in [-0.4, -0.2) is 38.3 Å². The molecule has 0 saturated carbocycles. The third-order valence-electron chi connectivity index (χ3n) is 3.06. The van der Waals surface area contributed by atoms with E-state index >= 15 is 0 Å². The molecule has 0 bridgehead atoms. The van der Waals surface area contributed by atoms with Crippen LogP contribution in [0.5, 0.6) is 5.75 Å². The first kappa shape index (κ1) is 21.2. The molecule has 0 radical (unpaired) electrons. The third-order valence-corrected chi connectivity index (χ3v) is 3.06. The van der Waals surface area contributed by atoms with Gasteiger partial charge in [-0.05, 0) is 38.5 Å². The summed E-state index contributed by atoms with van der Waals surface area (Å²) in [5.74, 6) is -0.254. The van der Waals surface area contributed by atoms with Gasteiger partial charge in [0.05, 0.1) is 18.7 Å². The fourth-order valence-corrected chi connectivity index (χ4v) is 2.02. The molecule has 8 heteroatoms. The number of carbonyl (C=O) groups excluding carboxylic acids is 1. The SMILES string of the molecule is COCCNCC(=O)NCc1ccc(OC(C)(C)C)cc1C(F)(F)F. The number of rotatable bonds is 8. The van der Waals surface area contributed by atoms with Crippen LogP contribution in [0.1, 0.15) is 31.9 Å². The molecule has 0 saturated heterocycles. The van der Waals surface area contributed by atoms with Crippen LogP contribution in [0, 0.1) is 0 Å². The summed E-state index contributed by atoms with van der Waals surface area (Å²) in [6.45, 7) is 5.99. The highest BCUT2D eigenvalue weighted by Crippen LogP contribution is 2.35. The number of carbonyl (C=O) groups is 1. The molecule has 2 N–H and O–H groups in total. The van der Waals surface area contributed by atoms with Gasteiger partial charge in [-0.1, -0.05) is 6.07 Å². The topological polar surface area (TPSA) is 59.6 Å². The van der Waals surface area contributed by atoms with E-state index in [0.29, 0.717) is 13.2 Å². The second kappa shape index (κ2) is 9.05. The Balaban J connectivity index is 2.76. The number of amides is 1. The second-order valence-corrected chi connectivity index (χ2v) is 6.48. The average Bonchev–Trinajstić information content (AvgIpc) is 2.48. The number of alkyl halides is 3. The maximum atomic E-state index is 13.3. The maximum Gasteiger partial charge on any atom is 0.416 e. The molecule has 142 valence electrons. The Hall–Kier alpha value is -1.80. The standard InChI is InChI=1S/C17H25F3N2O3/c1-16(2,3)25-13-6-5-12(14(9-13)17(18,19)20)10-22-15(23)11-21-7-8-24-4/h5-6,9,21H,7-8,10-11H2,1-4H3,(H,22,23). The quantitative estimate of drug-likeness (QED) is 0.698. The van der Waals surface area contributed by atoms with Crippen LogP contribution < -0.4 is 15.4 Å². The molecule has 0 atom stereocenters. The minimum Gasteiger partial charge on any atom is -0.488 e. The van der Waals surface area contributed by atoms with E-state index < -0.39 is 17.3 Å². The van der Waals surface area contributed by atoms with Crippen molar-refractivity contribution < 1.29 is 27.4 Å². The molecular weight excluding hydrogens is 337 g/mol. The first-order chi connectivity index (χ1) is 11.5. The van der Waals surface area contributed by atoms with Gasteiger partial charge in [0.2, 0.25) is 5.91 Å². The molecule has 0 aliphatic carbocycles. The number of nitrogens with one attached hydrogen (secondary N) is 2. The number of benzene rings is 1. The Labute approximate surface area is 145 Å². The fraction of sp³-hybridized carbons (Fsp3) is 0.588. The average molecular weight is 362 g/mol. The fourth-order valence-electron chi connectivity index (χ4n) is 2.02. The highest BCUT2D eigenvalue weighted by atomic mass is 19.4. The number of hydrogen-bond acceptors (Lipinski definition) is 4. The van der Waals surface area contributed by atoms with E-state index in [1.807, 2.05) is 0 Å². The summed E-state index contributed by atoms with van der Waals surface area (Å²) in [6, 6.07) is 3.75. The van der Waals surface area contributed by atoms with E-state index in [1.165, 1.54) is 19.2 Å². The molecule has 0 aliphatic heterocycles. The first-order valence-electron chi connectivity index (χ1n) is 7.88. The highest BCUT2D eigenvalue weighted by molar-refractivity contribution is 5.78. The van der Waals surface area contributed by atoms with Gasteiger partial charge in [-0.25, -0.2) is 0 Å². The predicted molar refractivity (Wildman–Crippen MR) is 88.4 cm³/mol. The van der Waals surface area contributed by atoms with Gasteiger partial charge in [-0.2, -0.15) is 13.2 Å². The summed E-state index contributed by atoms with van der Waals surface area (Å²) in [4.78, 5) is 11.7. The lowest BCUT2D eigenvalue weighted by Crippen LogP contribution is -2.35.